The summed E-state index contributed by atoms with van der Waals surface area (Å²) < 4.78 is 14.9. The molecule has 0 aliphatic carbocycles. The lowest BCUT2D eigenvalue weighted by molar-refractivity contribution is 0.103. The van der Waals surface area contributed by atoms with Crippen LogP contribution in [0.25, 0.3) is 10.9 Å². The molecule has 3 aromatic rings. The number of aromatic nitrogens is 1. The summed E-state index contributed by atoms with van der Waals surface area (Å²) in [6.45, 7) is 5.67. The van der Waals surface area contributed by atoms with E-state index in [9.17, 15) is 9.18 Å². The fourth-order valence-corrected chi connectivity index (χ4v) is 4.75. The summed E-state index contributed by atoms with van der Waals surface area (Å²) in [7, 11) is 0. The number of piperidine rings is 1. The molecule has 31 heavy (non-hydrogen) atoms. The minimum atomic E-state index is -0.341. The van der Waals surface area contributed by atoms with Crippen LogP contribution in [0, 0.1) is 5.82 Å². The number of halogens is 1. The number of fused-ring (bicyclic) bond motifs is 1. The zero-order chi connectivity index (χ0) is 21.8. The molecule has 1 aliphatic heterocycles. The molecule has 0 unspecified atom stereocenters. The first kappa shape index (κ1) is 21.6. The van der Waals surface area contributed by atoms with Crippen molar-refractivity contribution in [3.05, 3.63) is 71.2 Å². The fourth-order valence-electron chi connectivity index (χ4n) is 4.75. The van der Waals surface area contributed by atoms with Gasteiger partial charge in [-0.2, -0.15) is 0 Å². The van der Waals surface area contributed by atoms with Gasteiger partial charge in [-0.25, -0.2) is 4.39 Å². The van der Waals surface area contributed by atoms with Gasteiger partial charge in [0.15, 0.2) is 5.78 Å². The van der Waals surface area contributed by atoms with Crippen LogP contribution in [0.1, 0.15) is 72.9 Å². The summed E-state index contributed by atoms with van der Waals surface area (Å²) in [5, 5.41) is 1.05. The molecule has 2 heterocycles. The van der Waals surface area contributed by atoms with E-state index in [1.54, 1.807) is 10.7 Å². The average molecular weight is 422 g/mol. The molecule has 0 bridgehead atoms. The second-order valence-electron chi connectivity index (χ2n) is 8.74. The average Bonchev–Trinajstić information content (AvgIpc) is 3.13. The van der Waals surface area contributed by atoms with Gasteiger partial charge < -0.3 is 10.7 Å². The highest BCUT2D eigenvalue weighted by Gasteiger charge is 2.24. The van der Waals surface area contributed by atoms with Crippen molar-refractivity contribution in [2.75, 3.05) is 25.5 Å². The fraction of sp³-hybridized carbons (Fsp3) is 0.423. The number of likely N-dealkylation sites (tertiary alicyclic amines) is 1. The van der Waals surface area contributed by atoms with Crippen molar-refractivity contribution in [1.82, 2.24) is 9.58 Å². The van der Waals surface area contributed by atoms with E-state index >= 15 is 0 Å². The quantitative estimate of drug-likeness (QED) is 0.297. The van der Waals surface area contributed by atoms with Crippen LogP contribution in [0.4, 0.5) is 4.39 Å². The number of rotatable bonds is 8. The molecule has 0 spiro atoms. The van der Waals surface area contributed by atoms with E-state index in [0.29, 0.717) is 17.0 Å². The highest BCUT2D eigenvalue weighted by atomic mass is 19.1. The van der Waals surface area contributed by atoms with Crippen LogP contribution in [0.3, 0.4) is 0 Å². The largest absolute Gasteiger partial charge is 0.339 e. The van der Waals surface area contributed by atoms with Crippen molar-refractivity contribution in [1.29, 1.82) is 0 Å². The molecular weight excluding hydrogens is 389 g/mol. The lowest BCUT2D eigenvalue weighted by Gasteiger charge is -2.32. The van der Waals surface area contributed by atoms with E-state index < -0.39 is 0 Å². The van der Waals surface area contributed by atoms with Gasteiger partial charge in [-0.05, 0) is 92.8 Å². The number of hydrogen-bond acceptors (Lipinski definition) is 3. The van der Waals surface area contributed by atoms with Crippen molar-refractivity contribution >= 4 is 16.7 Å². The maximum absolute atomic E-state index is 13.2. The second kappa shape index (κ2) is 9.65. The third kappa shape index (κ3) is 4.82. The van der Waals surface area contributed by atoms with Gasteiger partial charge in [0, 0.05) is 22.7 Å². The van der Waals surface area contributed by atoms with Crippen molar-refractivity contribution in [2.45, 2.75) is 51.4 Å². The van der Waals surface area contributed by atoms with Crippen molar-refractivity contribution in [3.8, 4) is 0 Å². The van der Waals surface area contributed by atoms with Gasteiger partial charge in [-0.1, -0.05) is 26.2 Å². The Balaban J connectivity index is 1.50. The van der Waals surface area contributed by atoms with Crippen molar-refractivity contribution < 1.29 is 9.18 Å². The molecule has 4 nitrogen and oxygen atoms in total. The molecule has 0 saturated carbocycles. The van der Waals surface area contributed by atoms with E-state index in [2.05, 4.69) is 11.8 Å². The van der Waals surface area contributed by atoms with Crippen LogP contribution in [0.2, 0.25) is 0 Å². The molecule has 2 N–H and O–H groups in total. The standard InChI is InChI=1S/C26H32FN3O/c1-2-3-4-5-14-29-15-12-19(13-16-29)24-18-30(28)25-11-8-21(17-23(24)25)26(31)20-6-9-22(27)10-7-20/h6-11,17-19H,2-5,12-16,28H2,1H3. The molecule has 4 rings (SSSR count). The number of benzene rings is 2. The molecule has 2 aromatic carbocycles. The highest BCUT2D eigenvalue weighted by Crippen LogP contribution is 2.34. The summed E-state index contributed by atoms with van der Waals surface area (Å²) in [5.41, 5.74) is 3.27. The van der Waals surface area contributed by atoms with E-state index in [0.717, 1.165) is 36.8 Å². The Morgan fingerprint density at radius 2 is 1.74 bits per heavy atom. The molecular formula is C26H32FN3O. The number of nitrogens with zero attached hydrogens (tertiary/aromatic N) is 2. The zero-order valence-corrected chi connectivity index (χ0v) is 18.3. The van der Waals surface area contributed by atoms with E-state index in [-0.39, 0.29) is 11.6 Å². The number of carbonyl (C=O) groups excluding carboxylic acids is 1. The summed E-state index contributed by atoms with van der Waals surface area (Å²) in [6, 6.07) is 11.4. The zero-order valence-electron chi connectivity index (χ0n) is 18.3. The summed E-state index contributed by atoms with van der Waals surface area (Å²) in [6.07, 6.45) is 9.46. The van der Waals surface area contributed by atoms with Gasteiger partial charge in [0.1, 0.15) is 5.82 Å². The molecule has 164 valence electrons. The van der Waals surface area contributed by atoms with Gasteiger partial charge in [-0.15, -0.1) is 0 Å². The predicted molar refractivity (Wildman–Crippen MR) is 124 cm³/mol. The SMILES string of the molecule is CCCCCCN1CCC(c2cn(N)c3ccc(C(=O)c4ccc(F)cc4)cc23)CC1. The number of carbonyl (C=O) groups is 1. The topological polar surface area (TPSA) is 51.3 Å². The maximum Gasteiger partial charge on any atom is 0.193 e. The highest BCUT2D eigenvalue weighted by molar-refractivity contribution is 6.10. The maximum atomic E-state index is 13.2. The van der Waals surface area contributed by atoms with Crippen LogP contribution >= 0.6 is 0 Å². The Morgan fingerprint density at radius 1 is 1.03 bits per heavy atom. The van der Waals surface area contributed by atoms with Crippen LogP contribution < -0.4 is 5.84 Å². The molecule has 5 heteroatoms. The lowest BCUT2D eigenvalue weighted by atomic mass is 9.88. The van der Waals surface area contributed by atoms with E-state index in [1.165, 1.54) is 62.1 Å². The van der Waals surface area contributed by atoms with Gasteiger partial charge >= 0.3 is 0 Å². The normalized spacial score (nSPS) is 15.5. The predicted octanol–water partition coefficient (Wildman–Crippen LogP) is 5.48. The van der Waals surface area contributed by atoms with Gasteiger partial charge in [0.05, 0.1) is 5.52 Å². The van der Waals surface area contributed by atoms with Gasteiger partial charge in [0.2, 0.25) is 0 Å². The molecule has 1 aromatic heterocycles. The van der Waals surface area contributed by atoms with Crippen molar-refractivity contribution in [3.63, 3.8) is 0 Å². The Labute approximate surface area is 183 Å². The van der Waals surface area contributed by atoms with Crippen LogP contribution in [0.5, 0.6) is 0 Å². The van der Waals surface area contributed by atoms with Gasteiger partial charge in [-0.3, -0.25) is 9.47 Å². The number of nitrogens with two attached hydrogens (primary N) is 1. The summed E-state index contributed by atoms with van der Waals surface area (Å²) in [5.74, 6) is 6.25. The number of nitrogen functional groups attached to an aromatic ring is 1. The van der Waals surface area contributed by atoms with Crippen LogP contribution in [-0.2, 0) is 0 Å². The van der Waals surface area contributed by atoms with Crippen LogP contribution in [0.15, 0.2) is 48.7 Å². The lowest BCUT2D eigenvalue weighted by Crippen LogP contribution is -2.33. The first-order valence-corrected chi connectivity index (χ1v) is 11.5. The Kier molecular flexibility index (Phi) is 6.71. The summed E-state index contributed by atoms with van der Waals surface area (Å²) in [4.78, 5) is 15.5. The Morgan fingerprint density at radius 3 is 2.45 bits per heavy atom. The first-order chi connectivity index (χ1) is 15.1. The second-order valence-corrected chi connectivity index (χ2v) is 8.74. The minimum Gasteiger partial charge on any atom is -0.339 e. The van der Waals surface area contributed by atoms with Crippen molar-refractivity contribution in [2.24, 2.45) is 0 Å². The number of ketones is 1. The third-order valence-corrected chi connectivity index (χ3v) is 6.59. The van der Waals surface area contributed by atoms with E-state index in [4.69, 9.17) is 5.84 Å². The Hall–Kier alpha value is -2.66. The van der Waals surface area contributed by atoms with Gasteiger partial charge in [0.25, 0.3) is 0 Å². The first-order valence-electron chi connectivity index (χ1n) is 11.5. The van der Waals surface area contributed by atoms with Crippen LogP contribution in [-0.4, -0.2) is 35.0 Å². The third-order valence-electron chi connectivity index (χ3n) is 6.59. The minimum absolute atomic E-state index is 0.0977. The molecule has 0 amide bonds. The molecule has 1 fully saturated rings. The monoisotopic (exact) mass is 421 g/mol. The molecule has 1 aliphatic rings. The van der Waals surface area contributed by atoms with E-state index in [1.807, 2.05) is 18.3 Å². The Bertz CT molecular complexity index is 1030. The molecule has 0 atom stereocenters. The number of hydrogen-bond donors (Lipinski definition) is 1. The smallest absolute Gasteiger partial charge is 0.193 e. The molecule has 1 saturated heterocycles. The number of unbranched alkanes of at least 4 members (excludes halogenated alkanes) is 3. The molecule has 0 radical (unpaired) electrons. The summed E-state index contributed by atoms with van der Waals surface area (Å²) >= 11 is 0.